The predicted octanol–water partition coefficient (Wildman–Crippen LogP) is 0.895. The minimum absolute atomic E-state index is 0.108. The molecule has 0 aromatic rings. The van der Waals surface area contributed by atoms with Crippen LogP contribution in [-0.4, -0.2) is 44.4 Å². The smallest absolute Gasteiger partial charge is 0.146 e. The lowest BCUT2D eigenvalue weighted by molar-refractivity contribution is -0.121. The number of hydrogen-bond acceptors (Lipinski definition) is 3. The second-order valence-corrected chi connectivity index (χ2v) is 3.69. The highest BCUT2D eigenvalue weighted by molar-refractivity contribution is 5.81. The van der Waals surface area contributed by atoms with Crippen molar-refractivity contribution in [2.75, 3.05) is 27.7 Å². The molecule has 3 heteroatoms. The maximum absolute atomic E-state index is 11.2. The normalized spacial score (nSPS) is 13.3. The Balaban J connectivity index is 3.64. The Morgan fingerprint density at radius 3 is 2.38 bits per heavy atom. The van der Waals surface area contributed by atoms with Crippen molar-refractivity contribution in [3.63, 3.8) is 0 Å². The van der Waals surface area contributed by atoms with Gasteiger partial charge in [0.05, 0.1) is 6.04 Å². The van der Waals surface area contributed by atoms with E-state index in [4.69, 9.17) is 0 Å². The third-order valence-corrected chi connectivity index (χ3v) is 2.25. The van der Waals surface area contributed by atoms with Crippen molar-refractivity contribution in [3.8, 4) is 0 Å². The zero-order valence-corrected chi connectivity index (χ0v) is 9.26. The number of nitrogens with zero attached hydrogens (tertiary/aromatic N) is 1. The van der Waals surface area contributed by atoms with Crippen LogP contribution in [0.5, 0.6) is 0 Å². The predicted molar refractivity (Wildman–Crippen MR) is 55.9 cm³/mol. The van der Waals surface area contributed by atoms with Crippen LogP contribution in [0.2, 0.25) is 0 Å². The zero-order valence-electron chi connectivity index (χ0n) is 9.26. The summed E-state index contributed by atoms with van der Waals surface area (Å²) >= 11 is 0. The zero-order chi connectivity index (χ0) is 10.3. The highest BCUT2D eigenvalue weighted by Crippen LogP contribution is 2.06. The third kappa shape index (κ3) is 5.77. The Morgan fingerprint density at radius 2 is 2.00 bits per heavy atom. The Bertz CT molecular complexity index is 146. The fourth-order valence-corrected chi connectivity index (χ4v) is 1.46. The summed E-state index contributed by atoms with van der Waals surface area (Å²) in [7, 11) is 5.88. The number of rotatable bonds is 7. The average Bonchev–Trinajstić information content (AvgIpc) is 2.02. The molecule has 0 amide bonds. The minimum Gasteiger partial charge on any atom is -0.320 e. The monoisotopic (exact) mass is 186 g/mol. The van der Waals surface area contributed by atoms with Crippen molar-refractivity contribution >= 4 is 5.78 Å². The lowest BCUT2D eigenvalue weighted by Gasteiger charge is -2.21. The molecule has 78 valence electrons. The van der Waals surface area contributed by atoms with Crippen molar-refractivity contribution < 1.29 is 4.79 Å². The van der Waals surface area contributed by atoms with Gasteiger partial charge in [-0.15, -0.1) is 0 Å². The topological polar surface area (TPSA) is 32.3 Å². The molecule has 0 aromatic heterocycles. The molecule has 0 bridgehead atoms. The molecular weight excluding hydrogens is 164 g/mol. The summed E-state index contributed by atoms with van der Waals surface area (Å²) in [4.78, 5) is 13.2. The summed E-state index contributed by atoms with van der Waals surface area (Å²) < 4.78 is 0. The van der Waals surface area contributed by atoms with Crippen molar-refractivity contribution in [3.05, 3.63) is 0 Å². The van der Waals surface area contributed by atoms with Crippen molar-refractivity contribution in [2.45, 2.75) is 32.2 Å². The molecule has 0 aliphatic carbocycles. The van der Waals surface area contributed by atoms with Crippen LogP contribution in [0.4, 0.5) is 0 Å². The van der Waals surface area contributed by atoms with Gasteiger partial charge >= 0.3 is 0 Å². The van der Waals surface area contributed by atoms with E-state index in [0.29, 0.717) is 0 Å². The van der Waals surface area contributed by atoms with Crippen LogP contribution in [0, 0.1) is 0 Å². The van der Waals surface area contributed by atoms with Gasteiger partial charge in [-0.3, -0.25) is 9.69 Å². The molecule has 0 aromatic carbocycles. The number of Topliss-reactive ketones (excluding diaryl/α,β-unsaturated/α-hetero) is 1. The highest BCUT2D eigenvalue weighted by atomic mass is 16.1. The van der Waals surface area contributed by atoms with Crippen molar-refractivity contribution in [1.29, 1.82) is 0 Å². The van der Waals surface area contributed by atoms with Gasteiger partial charge in [0.25, 0.3) is 0 Å². The number of unbranched alkanes of at least 4 members (excludes halogenated alkanes) is 1. The second-order valence-electron chi connectivity index (χ2n) is 3.69. The lowest BCUT2D eigenvalue weighted by atomic mass is 10.1. The van der Waals surface area contributed by atoms with E-state index < -0.39 is 0 Å². The molecular formula is C10H22N2O. The molecule has 0 saturated carbocycles. The summed E-state index contributed by atoms with van der Waals surface area (Å²) in [5.41, 5.74) is 0. The summed E-state index contributed by atoms with van der Waals surface area (Å²) in [5, 5.41) is 3.10. The molecule has 13 heavy (non-hydrogen) atoms. The van der Waals surface area contributed by atoms with Crippen molar-refractivity contribution in [2.24, 2.45) is 0 Å². The summed E-state index contributed by atoms with van der Waals surface area (Å²) in [6.07, 6.45) is 3.24. The molecule has 0 radical (unpaired) electrons. The Hall–Kier alpha value is -0.410. The quantitative estimate of drug-likeness (QED) is 0.599. The van der Waals surface area contributed by atoms with Gasteiger partial charge in [-0.2, -0.15) is 0 Å². The summed E-state index contributed by atoms with van der Waals surface area (Å²) in [6, 6.07) is 0.108. The standard InChI is InChI=1S/C10H22N2O/c1-9(13)10(12(3)4)7-5-6-8-11-2/h10-11H,5-8H2,1-4H3/t10-/m0/s1. The van der Waals surface area contributed by atoms with E-state index in [1.165, 1.54) is 0 Å². The minimum atomic E-state index is 0.108. The van der Waals surface area contributed by atoms with E-state index in [2.05, 4.69) is 5.32 Å². The van der Waals surface area contributed by atoms with E-state index in [-0.39, 0.29) is 11.8 Å². The van der Waals surface area contributed by atoms with Crippen LogP contribution >= 0.6 is 0 Å². The molecule has 0 spiro atoms. The molecule has 0 aliphatic heterocycles. The summed E-state index contributed by atoms with van der Waals surface area (Å²) in [5.74, 6) is 0.273. The van der Waals surface area contributed by atoms with Gasteiger partial charge in [-0.1, -0.05) is 6.42 Å². The number of likely N-dealkylation sites (N-methyl/N-ethyl adjacent to an activating group) is 1. The maximum Gasteiger partial charge on any atom is 0.146 e. The number of nitrogens with one attached hydrogen (secondary N) is 1. The molecule has 1 atom stereocenters. The van der Waals surface area contributed by atoms with Gasteiger partial charge in [0.2, 0.25) is 0 Å². The van der Waals surface area contributed by atoms with Gasteiger partial charge < -0.3 is 5.32 Å². The molecule has 3 nitrogen and oxygen atoms in total. The van der Waals surface area contributed by atoms with E-state index in [1.54, 1.807) is 6.92 Å². The Labute approximate surface area is 81.5 Å². The first-order valence-corrected chi connectivity index (χ1v) is 4.91. The SMILES string of the molecule is CNCCCC[C@@H](C(C)=O)N(C)C. The first-order valence-electron chi connectivity index (χ1n) is 4.91. The highest BCUT2D eigenvalue weighted by Gasteiger charge is 2.15. The van der Waals surface area contributed by atoms with E-state index in [1.807, 2.05) is 26.0 Å². The van der Waals surface area contributed by atoms with Gasteiger partial charge in [-0.05, 0) is 47.5 Å². The largest absolute Gasteiger partial charge is 0.320 e. The van der Waals surface area contributed by atoms with Crippen LogP contribution < -0.4 is 5.32 Å². The molecule has 0 fully saturated rings. The van der Waals surface area contributed by atoms with E-state index in [9.17, 15) is 4.79 Å². The Kier molecular flexibility index (Phi) is 6.82. The van der Waals surface area contributed by atoms with Gasteiger partial charge in [-0.25, -0.2) is 0 Å². The molecule has 1 N–H and O–H groups in total. The maximum atomic E-state index is 11.2. The van der Waals surface area contributed by atoms with Crippen molar-refractivity contribution in [1.82, 2.24) is 10.2 Å². The molecule has 0 aliphatic rings. The van der Waals surface area contributed by atoms with E-state index in [0.717, 1.165) is 25.8 Å². The van der Waals surface area contributed by atoms with Gasteiger partial charge in [0, 0.05) is 0 Å². The van der Waals surface area contributed by atoms with Crippen LogP contribution in [0.15, 0.2) is 0 Å². The average molecular weight is 186 g/mol. The third-order valence-electron chi connectivity index (χ3n) is 2.25. The number of hydrogen-bond donors (Lipinski definition) is 1. The fraction of sp³-hybridized carbons (Fsp3) is 0.900. The Morgan fingerprint density at radius 1 is 1.38 bits per heavy atom. The molecule has 0 unspecified atom stereocenters. The van der Waals surface area contributed by atoms with E-state index >= 15 is 0 Å². The van der Waals surface area contributed by atoms with Crippen LogP contribution in [0.3, 0.4) is 0 Å². The lowest BCUT2D eigenvalue weighted by Crippen LogP contribution is -2.34. The van der Waals surface area contributed by atoms with Crippen LogP contribution in [-0.2, 0) is 4.79 Å². The fourth-order valence-electron chi connectivity index (χ4n) is 1.46. The first-order chi connectivity index (χ1) is 6.09. The molecule has 0 saturated heterocycles. The second kappa shape index (κ2) is 7.04. The van der Waals surface area contributed by atoms with Gasteiger partial charge in [0.1, 0.15) is 5.78 Å². The molecule has 0 heterocycles. The number of ketones is 1. The summed E-state index contributed by atoms with van der Waals surface area (Å²) in [6.45, 7) is 2.71. The number of carbonyl (C=O) groups excluding carboxylic acids is 1. The molecule has 0 rings (SSSR count). The van der Waals surface area contributed by atoms with Gasteiger partial charge in [0.15, 0.2) is 0 Å². The van der Waals surface area contributed by atoms with Crippen LogP contribution in [0.1, 0.15) is 26.2 Å². The number of carbonyl (C=O) groups is 1. The first kappa shape index (κ1) is 12.6. The van der Waals surface area contributed by atoms with Crippen LogP contribution in [0.25, 0.3) is 0 Å².